The standard InChI is InChI=1S/C8H16N2O/c1-5(4-9)8(6(2)10)7(3)11/h4,7,11H,9-10H2,1-3H3/b5-4-,8-6+. The number of hydrogen-bond donors (Lipinski definition) is 3. The fourth-order valence-electron chi connectivity index (χ4n) is 1.06. The summed E-state index contributed by atoms with van der Waals surface area (Å²) in [6.07, 6.45) is 0.887. The van der Waals surface area contributed by atoms with Crippen LogP contribution in [0.15, 0.2) is 23.0 Å². The van der Waals surface area contributed by atoms with Gasteiger partial charge < -0.3 is 16.6 Å². The molecular weight excluding hydrogens is 140 g/mol. The highest BCUT2D eigenvalue weighted by Crippen LogP contribution is 2.14. The Morgan fingerprint density at radius 1 is 1.45 bits per heavy atom. The van der Waals surface area contributed by atoms with Crippen LogP contribution in [0.5, 0.6) is 0 Å². The van der Waals surface area contributed by atoms with Gasteiger partial charge in [-0.3, -0.25) is 0 Å². The molecular formula is C8H16N2O. The zero-order chi connectivity index (χ0) is 9.02. The summed E-state index contributed by atoms with van der Waals surface area (Å²) in [7, 11) is 0. The summed E-state index contributed by atoms with van der Waals surface area (Å²) >= 11 is 0. The molecule has 0 aliphatic rings. The first-order valence-corrected chi connectivity index (χ1v) is 3.53. The van der Waals surface area contributed by atoms with E-state index in [1.54, 1.807) is 13.8 Å². The lowest BCUT2D eigenvalue weighted by Crippen LogP contribution is -2.12. The SMILES string of the molecule is CC(=C/N)/C(=C(/C)N)C(C)O. The molecule has 1 atom stereocenters. The molecule has 3 heteroatoms. The maximum atomic E-state index is 9.25. The lowest BCUT2D eigenvalue weighted by Gasteiger charge is -2.12. The van der Waals surface area contributed by atoms with E-state index >= 15 is 0 Å². The van der Waals surface area contributed by atoms with E-state index in [-0.39, 0.29) is 0 Å². The molecule has 0 aromatic heterocycles. The minimum atomic E-state index is -0.556. The van der Waals surface area contributed by atoms with Gasteiger partial charge >= 0.3 is 0 Å². The second-order valence-corrected chi connectivity index (χ2v) is 2.62. The number of aliphatic hydroxyl groups excluding tert-OH is 1. The van der Waals surface area contributed by atoms with Crippen LogP contribution >= 0.6 is 0 Å². The van der Waals surface area contributed by atoms with E-state index in [0.29, 0.717) is 11.3 Å². The quantitative estimate of drug-likeness (QED) is 0.509. The normalized spacial score (nSPS) is 17.6. The van der Waals surface area contributed by atoms with Crippen LogP contribution in [0.1, 0.15) is 20.8 Å². The Kier molecular flexibility index (Phi) is 3.68. The average Bonchev–Trinajstić information content (AvgIpc) is 1.85. The molecule has 0 radical (unpaired) electrons. The van der Waals surface area contributed by atoms with Crippen molar-refractivity contribution in [1.29, 1.82) is 0 Å². The predicted molar refractivity (Wildman–Crippen MR) is 46.5 cm³/mol. The van der Waals surface area contributed by atoms with Crippen LogP contribution in [0.4, 0.5) is 0 Å². The Morgan fingerprint density at radius 3 is 2.00 bits per heavy atom. The van der Waals surface area contributed by atoms with Crippen molar-refractivity contribution in [3.05, 3.63) is 23.0 Å². The van der Waals surface area contributed by atoms with Crippen molar-refractivity contribution in [2.24, 2.45) is 11.5 Å². The molecule has 0 saturated carbocycles. The molecule has 0 aliphatic carbocycles. The minimum absolute atomic E-state index is 0.556. The van der Waals surface area contributed by atoms with Gasteiger partial charge in [0, 0.05) is 11.3 Å². The van der Waals surface area contributed by atoms with Gasteiger partial charge in [-0.05, 0) is 32.5 Å². The molecule has 64 valence electrons. The lowest BCUT2D eigenvalue weighted by molar-refractivity contribution is 0.232. The lowest BCUT2D eigenvalue weighted by atomic mass is 10.0. The third-order valence-corrected chi connectivity index (χ3v) is 1.52. The molecule has 1 unspecified atom stereocenters. The van der Waals surface area contributed by atoms with Gasteiger partial charge in [-0.2, -0.15) is 0 Å². The molecule has 0 heterocycles. The van der Waals surface area contributed by atoms with Gasteiger partial charge in [0.2, 0.25) is 0 Å². The van der Waals surface area contributed by atoms with E-state index in [4.69, 9.17) is 11.5 Å². The van der Waals surface area contributed by atoms with Crippen molar-refractivity contribution in [2.45, 2.75) is 26.9 Å². The van der Waals surface area contributed by atoms with Gasteiger partial charge in [0.25, 0.3) is 0 Å². The van der Waals surface area contributed by atoms with Crippen LogP contribution < -0.4 is 11.5 Å². The Bertz CT molecular complexity index is 188. The number of aliphatic hydroxyl groups is 1. The largest absolute Gasteiger partial charge is 0.404 e. The number of rotatable bonds is 2. The van der Waals surface area contributed by atoms with E-state index in [0.717, 1.165) is 5.57 Å². The highest BCUT2D eigenvalue weighted by molar-refractivity contribution is 5.34. The van der Waals surface area contributed by atoms with Crippen molar-refractivity contribution < 1.29 is 5.11 Å². The smallest absolute Gasteiger partial charge is 0.0781 e. The van der Waals surface area contributed by atoms with Gasteiger partial charge in [-0.1, -0.05) is 0 Å². The molecule has 0 bridgehead atoms. The Labute approximate surface area is 67.4 Å². The molecule has 0 spiro atoms. The highest BCUT2D eigenvalue weighted by Gasteiger charge is 2.08. The Hall–Kier alpha value is -0.960. The maximum absolute atomic E-state index is 9.25. The van der Waals surface area contributed by atoms with E-state index in [1.807, 2.05) is 6.92 Å². The van der Waals surface area contributed by atoms with Gasteiger partial charge in [0.05, 0.1) is 6.10 Å². The second kappa shape index (κ2) is 4.03. The summed E-state index contributed by atoms with van der Waals surface area (Å²) in [6, 6.07) is 0. The molecule has 0 fully saturated rings. The van der Waals surface area contributed by atoms with E-state index in [2.05, 4.69) is 0 Å². The van der Waals surface area contributed by atoms with Crippen LogP contribution in [0.2, 0.25) is 0 Å². The fraction of sp³-hybridized carbons (Fsp3) is 0.500. The van der Waals surface area contributed by atoms with Crippen LogP contribution in [0, 0.1) is 0 Å². The first-order valence-electron chi connectivity index (χ1n) is 3.53. The summed E-state index contributed by atoms with van der Waals surface area (Å²) in [4.78, 5) is 0. The molecule has 0 aromatic rings. The van der Waals surface area contributed by atoms with Gasteiger partial charge in [0.15, 0.2) is 0 Å². The summed E-state index contributed by atoms with van der Waals surface area (Å²) in [5.41, 5.74) is 13.0. The molecule has 0 saturated heterocycles. The predicted octanol–water partition coefficient (Wildman–Crippen LogP) is 0.462. The fourth-order valence-corrected chi connectivity index (χ4v) is 1.06. The number of allylic oxidation sites excluding steroid dienone is 1. The third-order valence-electron chi connectivity index (χ3n) is 1.52. The summed E-state index contributed by atoms with van der Waals surface area (Å²) in [6.45, 7) is 5.23. The van der Waals surface area contributed by atoms with Gasteiger partial charge in [-0.25, -0.2) is 0 Å². The Morgan fingerprint density at radius 2 is 1.91 bits per heavy atom. The summed E-state index contributed by atoms with van der Waals surface area (Å²) in [5.74, 6) is 0. The van der Waals surface area contributed by atoms with Gasteiger partial charge in [0.1, 0.15) is 0 Å². The van der Waals surface area contributed by atoms with Crippen molar-refractivity contribution in [2.75, 3.05) is 0 Å². The zero-order valence-corrected chi connectivity index (χ0v) is 7.26. The maximum Gasteiger partial charge on any atom is 0.0781 e. The first kappa shape index (κ1) is 10.0. The Balaban J connectivity index is 4.79. The molecule has 11 heavy (non-hydrogen) atoms. The third kappa shape index (κ3) is 2.63. The van der Waals surface area contributed by atoms with Gasteiger partial charge in [-0.15, -0.1) is 0 Å². The number of nitrogens with two attached hydrogens (primary N) is 2. The van der Waals surface area contributed by atoms with Crippen LogP contribution in [-0.4, -0.2) is 11.2 Å². The van der Waals surface area contributed by atoms with Crippen molar-refractivity contribution in [3.8, 4) is 0 Å². The molecule has 3 nitrogen and oxygen atoms in total. The van der Waals surface area contributed by atoms with Crippen molar-refractivity contribution >= 4 is 0 Å². The van der Waals surface area contributed by atoms with E-state index in [1.165, 1.54) is 6.20 Å². The minimum Gasteiger partial charge on any atom is -0.404 e. The molecule has 0 aliphatic heterocycles. The second-order valence-electron chi connectivity index (χ2n) is 2.62. The van der Waals surface area contributed by atoms with E-state index in [9.17, 15) is 5.11 Å². The monoisotopic (exact) mass is 156 g/mol. The molecule has 0 amide bonds. The average molecular weight is 156 g/mol. The summed E-state index contributed by atoms with van der Waals surface area (Å²) in [5, 5.41) is 9.25. The summed E-state index contributed by atoms with van der Waals surface area (Å²) < 4.78 is 0. The van der Waals surface area contributed by atoms with Crippen molar-refractivity contribution in [3.63, 3.8) is 0 Å². The first-order chi connectivity index (χ1) is 5.00. The topological polar surface area (TPSA) is 72.3 Å². The number of hydrogen-bond acceptors (Lipinski definition) is 3. The molecule has 0 rings (SSSR count). The molecule has 5 N–H and O–H groups in total. The van der Waals surface area contributed by atoms with Crippen molar-refractivity contribution in [1.82, 2.24) is 0 Å². The van der Waals surface area contributed by atoms with Crippen LogP contribution in [0.3, 0.4) is 0 Å². The molecule has 0 aromatic carbocycles. The van der Waals surface area contributed by atoms with E-state index < -0.39 is 6.10 Å². The highest BCUT2D eigenvalue weighted by atomic mass is 16.3. The zero-order valence-electron chi connectivity index (χ0n) is 7.26. The van der Waals surface area contributed by atoms with Crippen LogP contribution in [-0.2, 0) is 0 Å². The van der Waals surface area contributed by atoms with Crippen LogP contribution in [0.25, 0.3) is 0 Å².